The van der Waals surface area contributed by atoms with Crippen molar-refractivity contribution in [3.8, 4) is 16.4 Å². The summed E-state index contributed by atoms with van der Waals surface area (Å²) in [6.45, 7) is 2.14. The molecule has 0 fully saturated rings. The summed E-state index contributed by atoms with van der Waals surface area (Å²) in [7, 11) is 0. The maximum atomic E-state index is 11.0. The summed E-state index contributed by atoms with van der Waals surface area (Å²) in [5.74, 6) is 0. The summed E-state index contributed by atoms with van der Waals surface area (Å²) in [5.41, 5.74) is 3.98. The van der Waals surface area contributed by atoms with Crippen LogP contribution >= 0.6 is 11.3 Å². The van der Waals surface area contributed by atoms with Gasteiger partial charge in [-0.1, -0.05) is 31.2 Å². The van der Waals surface area contributed by atoms with E-state index in [0.717, 1.165) is 29.1 Å². The molecule has 3 aromatic rings. The lowest BCUT2D eigenvalue weighted by molar-refractivity contribution is 0.111. The van der Waals surface area contributed by atoms with E-state index in [2.05, 4.69) is 36.2 Å². The Kier molecular flexibility index (Phi) is 3.48. The SMILES string of the molecule is CCc1ccc(-c2csc(-n3cccc3C=O)n2)cc1. The Hall–Kier alpha value is -2.20. The molecule has 0 N–H and O–H groups in total. The summed E-state index contributed by atoms with van der Waals surface area (Å²) in [6.07, 6.45) is 3.73. The highest BCUT2D eigenvalue weighted by Gasteiger charge is 2.08. The van der Waals surface area contributed by atoms with Crippen molar-refractivity contribution < 1.29 is 4.79 Å². The third-order valence-electron chi connectivity index (χ3n) is 3.26. The number of carbonyl (C=O) groups is 1. The first-order valence-corrected chi connectivity index (χ1v) is 7.37. The van der Waals surface area contributed by atoms with Crippen molar-refractivity contribution >= 4 is 17.6 Å². The first kappa shape index (κ1) is 12.8. The molecule has 3 nitrogen and oxygen atoms in total. The molecule has 0 amide bonds. The standard InChI is InChI=1S/C16H14N2OS/c1-2-12-5-7-13(8-6-12)15-11-20-16(17-15)18-9-3-4-14(18)10-19/h3-11H,2H2,1H3. The minimum absolute atomic E-state index is 0.618. The van der Waals surface area contributed by atoms with Crippen molar-refractivity contribution in [1.29, 1.82) is 0 Å². The summed E-state index contributed by atoms with van der Waals surface area (Å²) in [5, 5.41) is 2.83. The monoisotopic (exact) mass is 282 g/mol. The normalized spacial score (nSPS) is 10.7. The number of aromatic nitrogens is 2. The molecular weight excluding hydrogens is 268 g/mol. The molecule has 1 aromatic carbocycles. The van der Waals surface area contributed by atoms with Gasteiger partial charge in [0.25, 0.3) is 0 Å². The van der Waals surface area contributed by atoms with Crippen molar-refractivity contribution in [1.82, 2.24) is 9.55 Å². The number of benzene rings is 1. The van der Waals surface area contributed by atoms with Crippen molar-refractivity contribution in [2.24, 2.45) is 0 Å². The van der Waals surface area contributed by atoms with Gasteiger partial charge in [0.1, 0.15) is 0 Å². The Bertz CT molecular complexity index is 725. The minimum Gasteiger partial charge on any atom is -0.296 e. The zero-order valence-corrected chi connectivity index (χ0v) is 11.9. The number of aldehydes is 1. The second-order valence-corrected chi connectivity index (χ2v) is 5.32. The summed E-state index contributed by atoms with van der Waals surface area (Å²) >= 11 is 1.53. The molecule has 0 atom stereocenters. The van der Waals surface area contributed by atoms with Gasteiger partial charge in [-0.05, 0) is 24.1 Å². The van der Waals surface area contributed by atoms with Crippen LogP contribution in [0.4, 0.5) is 0 Å². The van der Waals surface area contributed by atoms with Gasteiger partial charge >= 0.3 is 0 Å². The van der Waals surface area contributed by atoms with E-state index in [9.17, 15) is 4.79 Å². The molecule has 0 spiro atoms. The number of aryl methyl sites for hydroxylation is 1. The van der Waals surface area contributed by atoms with Crippen LogP contribution < -0.4 is 0 Å². The van der Waals surface area contributed by atoms with Crippen molar-refractivity contribution in [2.75, 3.05) is 0 Å². The molecule has 2 heterocycles. The number of carbonyl (C=O) groups excluding carboxylic acids is 1. The Labute approximate surface area is 121 Å². The van der Waals surface area contributed by atoms with Crippen LogP contribution in [0.1, 0.15) is 23.0 Å². The number of thiazole rings is 1. The quantitative estimate of drug-likeness (QED) is 0.678. The van der Waals surface area contributed by atoms with E-state index < -0.39 is 0 Å². The average Bonchev–Trinajstić information content (AvgIpc) is 3.15. The van der Waals surface area contributed by atoms with Gasteiger partial charge in [0.2, 0.25) is 0 Å². The fourth-order valence-corrected chi connectivity index (χ4v) is 2.92. The fraction of sp³-hybridized carbons (Fsp3) is 0.125. The van der Waals surface area contributed by atoms with Gasteiger partial charge in [0.05, 0.1) is 11.4 Å². The third-order valence-corrected chi connectivity index (χ3v) is 4.10. The van der Waals surface area contributed by atoms with Gasteiger partial charge in [0.15, 0.2) is 11.4 Å². The lowest BCUT2D eigenvalue weighted by atomic mass is 10.1. The summed E-state index contributed by atoms with van der Waals surface area (Å²) in [4.78, 5) is 15.6. The molecule has 0 aliphatic carbocycles. The zero-order chi connectivity index (χ0) is 13.9. The number of hydrogen-bond acceptors (Lipinski definition) is 3. The molecule has 0 saturated carbocycles. The molecule has 0 saturated heterocycles. The molecule has 0 bridgehead atoms. The average molecular weight is 282 g/mol. The third kappa shape index (κ3) is 2.30. The Balaban J connectivity index is 1.95. The largest absolute Gasteiger partial charge is 0.296 e. The van der Waals surface area contributed by atoms with Gasteiger partial charge in [-0.25, -0.2) is 4.98 Å². The van der Waals surface area contributed by atoms with Crippen LogP contribution in [0.3, 0.4) is 0 Å². The van der Waals surface area contributed by atoms with Crippen LogP contribution in [-0.4, -0.2) is 15.8 Å². The second-order valence-electron chi connectivity index (χ2n) is 4.49. The van der Waals surface area contributed by atoms with Crippen LogP contribution in [0.25, 0.3) is 16.4 Å². The Morgan fingerprint density at radius 1 is 1.25 bits per heavy atom. The lowest BCUT2D eigenvalue weighted by Crippen LogP contribution is -1.96. The minimum atomic E-state index is 0.618. The molecule has 0 aliphatic heterocycles. The highest BCUT2D eigenvalue weighted by Crippen LogP contribution is 2.25. The van der Waals surface area contributed by atoms with Crippen LogP contribution in [0.5, 0.6) is 0 Å². The van der Waals surface area contributed by atoms with Crippen molar-refractivity contribution in [2.45, 2.75) is 13.3 Å². The summed E-state index contributed by atoms with van der Waals surface area (Å²) in [6, 6.07) is 12.1. The van der Waals surface area contributed by atoms with E-state index in [1.807, 2.05) is 22.2 Å². The van der Waals surface area contributed by atoms with Gasteiger partial charge in [0, 0.05) is 17.1 Å². The van der Waals surface area contributed by atoms with Crippen LogP contribution in [0, 0.1) is 0 Å². The van der Waals surface area contributed by atoms with Gasteiger partial charge < -0.3 is 0 Å². The number of rotatable bonds is 4. The molecule has 4 heteroatoms. The molecule has 20 heavy (non-hydrogen) atoms. The topological polar surface area (TPSA) is 34.9 Å². The van der Waals surface area contributed by atoms with Crippen LogP contribution in [-0.2, 0) is 6.42 Å². The van der Waals surface area contributed by atoms with E-state index >= 15 is 0 Å². The lowest BCUT2D eigenvalue weighted by Gasteiger charge is -2.00. The highest BCUT2D eigenvalue weighted by molar-refractivity contribution is 7.12. The molecular formula is C16H14N2OS. The molecule has 0 unspecified atom stereocenters. The maximum absolute atomic E-state index is 11.0. The highest BCUT2D eigenvalue weighted by atomic mass is 32.1. The van der Waals surface area contributed by atoms with Crippen LogP contribution in [0.15, 0.2) is 48.0 Å². The predicted molar refractivity (Wildman–Crippen MR) is 81.6 cm³/mol. The van der Waals surface area contributed by atoms with E-state index in [0.29, 0.717) is 5.69 Å². The number of nitrogens with zero attached hydrogens (tertiary/aromatic N) is 2. The Morgan fingerprint density at radius 2 is 2.05 bits per heavy atom. The van der Waals surface area contributed by atoms with Crippen molar-refractivity contribution in [3.05, 3.63) is 59.2 Å². The predicted octanol–water partition coefficient (Wildman–Crippen LogP) is 3.98. The van der Waals surface area contributed by atoms with E-state index in [1.54, 1.807) is 6.07 Å². The molecule has 3 rings (SSSR count). The van der Waals surface area contributed by atoms with Crippen molar-refractivity contribution in [3.63, 3.8) is 0 Å². The molecule has 0 aliphatic rings. The van der Waals surface area contributed by atoms with E-state index in [4.69, 9.17) is 0 Å². The fourth-order valence-electron chi connectivity index (χ4n) is 2.08. The molecule has 100 valence electrons. The van der Waals surface area contributed by atoms with Crippen LogP contribution in [0.2, 0.25) is 0 Å². The van der Waals surface area contributed by atoms with Gasteiger partial charge in [-0.3, -0.25) is 9.36 Å². The molecule has 0 radical (unpaired) electrons. The Morgan fingerprint density at radius 3 is 2.75 bits per heavy atom. The van der Waals surface area contributed by atoms with E-state index in [-0.39, 0.29) is 0 Å². The first-order valence-electron chi connectivity index (χ1n) is 6.49. The maximum Gasteiger partial charge on any atom is 0.194 e. The molecule has 2 aromatic heterocycles. The second kappa shape index (κ2) is 5.43. The van der Waals surface area contributed by atoms with E-state index in [1.165, 1.54) is 16.9 Å². The summed E-state index contributed by atoms with van der Waals surface area (Å²) < 4.78 is 1.81. The smallest absolute Gasteiger partial charge is 0.194 e. The number of hydrogen-bond donors (Lipinski definition) is 0. The van der Waals surface area contributed by atoms with Gasteiger partial charge in [-0.15, -0.1) is 11.3 Å². The van der Waals surface area contributed by atoms with Gasteiger partial charge in [-0.2, -0.15) is 0 Å². The first-order chi connectivity index (χ1) is 9.81. The zero-order valence-electron chi connectivity index (χ0n) is 11.1.